The molecule has 0 saturated carbocycles. The monoisotopic (exact) mass is 299 g/mol. The number of sulfone groups is 1. The molecule has 6 nitrogen and oxygen atoms in total. The third kappa shape index (κ3) is 3.17. The van der Waals surface area contributed by atoms with E-state index >= 15 is 0 Å². The molecule has 1 saturated heterocycles. The molecule has 1 fully saturated rings. The van der Waals surface area contributed by atoms with Crippen LogP contribution < -0.4 is 0 Å². The third-order valence-corrected chi connectivity index (χ3v) is 5.02. The van der Waals surface area contributed by atoms with Gasteiger partial charge in [-0.1, -0.05) is 18.2 Å². The average molecular weight is 299 g/mol. The number of carbonyl (C=O) groups excluding carboxylic acids is 1. The molecule has 2 rings (SSSR count). The van der Waals surface area contributed by atoms with Crippen LogP contribution in [0, 0.1) is 0 Å². The molecule has 0 unspecified atom stereocenters. The van der Waals surface area contributed by atoms with Crippen molar-refractivity contribution in [2.45, 2.75) is 12.1 Å². The summed E-state index contributed by atoms with van der Waals surface area (Å²) in [4.78, 5) is 13.6. The smallest absolute Gasteiger partial charge is 0.254 e. The van der Waals surface area contributed by atoms with Gasteiger partial charge >= 0.3 is 0 Å². The number of hydrogen-bond acceptors (Lipinski definition) is 5. The number of nitrogens with zero attached hydrogens (tertiary/aromatic N) is 1. The van der Waals surface area contributed by atoms with E-state index in [-0.39, 0.29) is 30.6 Å². The Morgan fingerprint density at radius 2 is 1.90 bits per heavy atom. The van der Waals surface area contributed by atoms with Crippen LogP contribution in [0.1, 0.15) is 10.4 Å². The lowest BCUT2D eigenvalue weighted by Crippen LogP contribution is -2.48. The van der Waals surface area contributed by atoms with Gasteiger partial charge in [0, 0.05) is 12.1 Å². The van der Waals surface area contributed by atoms with E-state index in [4.69, 9.17) is 5.11 Å². The maximum absolute atomic E-state index is 12.4. The van der Waals surface area contributed by atoms with Gasteiger partial charge in [0.05, 0.1) is 30.3 Å². The summed E-state index contributed by atoms with van der Waals surface area (Å²) in [5.74, 6) is -1.00. The van der Waals surface area contributed by atoms with Crippen molar-refractivity contribution in [3.8, 4) is 0 Å². The normalized spacial score (nSPS) is 24.5. The molecule has 0 aliphatic carbocycles. The van der Waals surface area contributed by atoms with E-state index in [0.29, 0.717) is 5.56 Å². The molecule has 0 spiro atoms. The van der Waals surface area contributed by atoms with Crippen LogP contribution in [-0.2, 0) is 9.84 Å². The largest absolute Gasteiger partial charge is 0.395 e. The van der Waals surface area contributed by atoms with Gasteiger partial charge in [-0.05, 0) is 12.1 Å². The summed E-state index contributed by atoms with van der Waals surface area (Å²) in [6.45, 7) is -0.299. The van der Waals surface area contributed by atoms with Crippen molar-refractivity contribution in [2.75, 3.05) is 24.7 Å². The second-order valence-electron chi connectivity index (χ2n) is 4.80. The van der Waals surface area contributed by atoms with Crippen molar-refractivity contribution in [3.63, 3.8) is 0 Å². The maximum atomic E-state index is 12.4. The first-order valence-electron chi connectivity index (χ1n) is 6.30. The number of rotatable bonds is 4. The molecule has 7 heteroatoms. The zero-order valence-corrected chi connectivity index (χ0v) is 11.7. The molecule has 20 heavy (non-hydrogen) atoms. The van der Waals surface area contributed by atoms with Crippen molar-refractivity contribution >= 4 is 15.7 Å². The summed E-state index contributed by atoms with van der Waals surface area (Å²) >= 11 is 0. The first kappa shape index (κ1) is 15.0. The topological polar surface area (TPSA) is 94.9 Å². The molecule has 1 heterocycles. The molecule has 0 bridgehead atoms. The first-order chi connectivity index (χ1) is 9.44. The summed E-state index contributed by atoms with van der Waals surface area (Å²) in [7, 11) is -3.35. The van der Waals surface area contributed by atoms with Crippen LogP contribution in [0.15, 0.2) is 30.3 Å². The zero-order valence-electron chi connectivity index (χ0n) is 10.8. The zero-order chi connectivity index (χ0) is 14.8. The molecule has 1 aromatic rings. The highest BCUT2D eigenvalue weighted by Crippen LogP contribution is 2.20. The van der Waals surface area contributed by atoms with Crippen molar-refractivity contribution in [1.29, 1.82) is 0 Å². The summed E-state index contributed by atoms with van der Waals surface area (Å²) in [5.41, 5.74) is 0.400. The Morgan fingerprint density at radius 3 is 2.40 bits per heavy atom. The van der Waals surface area contributed by atoms with Gasteiger partial charge in [0.1, 0.15) is 0 Å². The van der Waals surface area contributed by atoms with E-state index in [1.807, 2.05) is 0 Å². The van der Waals surface area contributed by atoms with E-state index in [1.54, 1.807) is 30.3 Å². The van der Waals surface area contributed by atoms with Crippen LogP contribution in [0.4, 0.5) is 0 Å². The third-order valence-electron chi connectivity index (χ3n) is 3.32. The van der Waals surface area contributed by atoms with Crippen LogP contribution >= 0.6 is 0 Å². The molecule has 1 aliphatic rings. The van der Waals surface area contributed by atoms with Gasteiger partial charge in [-0.3, -0.25) is 4.79 Å². The Bertz CT molecular complexity index is 572. The van der Waals surface area contributed by atoms with Crippen molar-refractivity contribution in [1.82, 2.24) is 4.90 Å². The van der Waals surface area contributed by atoms with Crippen LogP contribution in [0.2, 0.25) is 0 Å². The molecule has 1 aromatic carbocycles. The van der Waals surface area contributed by atoms with Crippen molar-refractivity contribution < 1.29 is 23.4 Å². The fraction of sp³-hybridized carbons (Fsp3) is 0.462. The van der Waals surface area contributed by atoms with Gasteiger partial charge in [-0.25, -0.2) is 8.42 Å². The summed E-state index contributed by atoms with van der Waals surface area (Å²) in [6, 6.07) is 7.59. The number of aliphatic hydroxyl groups excluding tert-OH is 2. The molecule has 0 aromatic heterocycles. The predicted octanol–water partition coefficient (Wildman–Crippen LogP) is -0.721. The summed E-state index contributed by atoms with van der Waals surface area (Å²) < 4.78 is 23.1. The van der Waals surface area contributed by atoms with E-state index < -0.39 is 22.0 Å². The summed E-state index contributed by atoms with van der Waals surface area (Å²) in [5, 5.41) is 18.9. The molecular formula is C13H17NO5S. The Labute approximate surface area is 117 Å². The molecule has 1 aliphatic heterocycles. The van der Waals surface area contributed by atoms with E-state index in [0.717, 1.165) is 0 Å². The molecule has 1 amide bonds. The van der Waals surface area contributed by atoms with Gasteiger partial charge < -0.3 is 15.1 Å². The maximum Gasteiger partial charge on any atom is 0.254 e. The van der Waals surface area contributed by atoms with Gasteiger partial charge in [-0.15, -0.1) is 0 Å². The lowest BCUT2D eigenvalue weighted by atomic mass is 10.1. The van der Waals surface area contributed by atoms with Crippen molar-refractivity contribution in [3.05, 3.63) is 35.9 Å². The van der Waals surface area contributed by atoms with Crippen LogP contribution in [0.5, 0.6) is 0 Å². The lowest BCUT2D eigenvalue weighted by molar-refractivity contribution is 0.0451. The van der Waals surface area contributed by atoms with Gasteiger partial charge in [0.25, 0.3) is 5.91 Å². The number of hydrogen-bond donors (Lipinski definition) is 2. The quantitative estimate of drug-likeness (QED) is 0.765. The Balaban J connectivity index is 2.26. The second-order valence-corrected chi connectivity index (χ2v) is 6.95. The minimum atomic E-state index is -3.35. The molecular weight excluding hydrogens is 282 g/mol. The second kappa shape index (κ2) is 5.90. The van der Waals surface area contributed by atoms with Gasteiger partial charge in [0.15, 0.2) is 9.84 Å². The Hall–Kier alpha value is -1.44. The van der Waals surface area contributed by atoms with E-state index in [9.17, 15) is 18.3 Å². The fourth-order valence-corrected chi connectivity index (χ4v) is 4.18. The summed E-state index contributed by atoms with van der Waals surface area (Å²) in [6.07, 6.45) is -1.11. The molecule has 2 N–H and O–H groups in total. The molecule has 110 valence electrons. The predicted molar refractivity (Wildman–Crippen MR) is 73.0 cm³/mol. The van der Waals surface area contributed by atoms with E-state index in [1.165, 1.54) is 4.90 Å². The fourth-order valence-electron chi connectivity index (χ4n) is 2.38. The number of amides is 1. The van der Waals surface area contributed by atoms with Crippen LogP contribution in [0.25, 0.3) is 0 Å². The molecule has 0 radical (unpaired) electrons. The van der Waals surface area contributed by atoms with Crippen molar-refractivity contribution in [2.24, 2.45) is 0 Å². The Kier molecular flexibility index (Phi) is 4.42. The average Bonchev–Trinajstić information content (AvgIpc) is 2.69. The first-order valence-corrected chi connectivity index (χ1v) is 8.12. The minimum absolute atomic E-state index is 0.00895. The minimum Gasteiger partial charge on any atom is -0.395 e. The molecule has 2 atom stereocenters. The number of benzene rings is 1. The highest BCUT2D eigenvalue weighted by Gasteiger charge is 2.41. The van der Waals surface area contributed by atoms with E-state index in [2.05, 4.69) is 0 Å². The van der Waals surface area contributed by atoms with Gasteiger partial charge in [0.2, 0.25) is 0 Å². The Morgan fingerprint density at radius 1 is 1.25 bits per heavy atom. The van der Waals surface area contributed by atoms with Crippen LogP contribution in [-0.4, -0.2) is 66.2 Å². The highest BCUT2D eigenvalue weighted by molar-refractivity contribution is 7.91. The highest BCUT2D eigenvalue weighted by atomic mass is 32.2. The SMILES string of the molecule is O=C(c1ccccc1)N(CCO)[C@@H]1CS(=O)(=O)C[C@H]1O. The number of aliphatic hydroxyl groups is 2. The number of carbonyl (C=O) groups is 1. The van der Waals surface area contributed by atoms with Gasteiger partial charge in [-0.2, -0.15) is 0 Å². The van der Waals surface area contributed by atoms with Crippen LogP contribution in [0.3, 0.4) is 0 Å². The standard InChI is InChI=1S/C13H17NO5S/c15-7-6-14(11-8-20(18,19)9-12(11)16)13(17)10-4-2-1-3-5-10/h1-5,11-12,15-16H,6-9H2/t11-,12-/m1/s1. The lowest BCUT2D eigenvalue weighted by Gasteiger charge is -2.29.